The average Bonchev–Trinajstić information content (AvgIpc) is 2.78. The van der Waals surface area contributed by atoms with Crippen molar-refractivity contribution in [2.24, 2.45) is 0 Å². The van der Waals surface area contributed by atoms with Gasteiger partial charge in [0.2, 0.25) is 0 Å². The summed E-state index contributed by atoms with van der Waals surface area (Å²) in [6.45, 7) is -0.698. The van der Waals surface area contributed by atoms with Crippen molar-refractivity contribution < 1.29 is 32.8 Å². The molecule has 8 nitrogen and oxygen atoms in total. The van der Waals surface area contributed by atoms with Gasteiger partial charge in [-0.1, -0.05) is 12.1 Å². The summed E-state index contributed by atoms with van der Waals surface area (Å²) in [4.78, 5) is 24.7. The molecule has 124 valence electrons. The van der Waals surface area contributed by atoms with Crippen LogP contribution in [0.3, 0.4) is 0 Å². The molecule has 0 radical (unpaired) electrons. The second-order valence-electron chi connectivity index (χ2n) is 5.07. The van der Waals surface area contributed by atoms with Gasteiger partial charge in [-0.3, -0.25) is 14.1 Å². The summed E-state index contributed by atoms with van der Waals surface area (Å²) in [7, 11) is -4.82. The number of amides is 2. The van der Waals surface area contributed by atoms with E-state index >= 15 is 0 Å². The zero-order valence-electron chi connectivity index (χ0n) is 12.0. The molecule has 0 saturated heterocycles. The van der Waals surface area contributed by atoms with E-state index < -0.39 is 44.9 Å². The molecule has 3 rings (SSSR count). The molecule has 0 aromatic heterocycles. The number of aromatic hydroxyl groups is 1. The van der Waals surface area contributed by atoms with Gasteiger partial charge in [-0.25, -0.2) is 4.90 Å². The monoisotopic (exact) mass is 349 g/mol. The maximum absolute atomic E-state index is 12.5. The molecular formula is C15H11NO7S. The lowest BCUT2D eigenvalue weighted by Crippen LogP contribution is -2.30. The molecule has 24 heavy (non-hydrogen) atoms. The van der Waals surface area contributed by atoms with Crippen LogP contribution in [-0.4, -0.2) is 35.0 Å². The quantitative estimate of drug-likeness (QED) is 0.555. The first-order valence-corrected chi connectivity index (χ1v) is 8.11. The van der Waals surface area contributed by atoms with Crippen molar-refractivity contribution in [3.8, 4) is 5.75 Å². The Labute approximate surface area is 136 Å². The molecule has 0 bridgehead atoms. The van der Waals surface area contributed by atoms with Crippen molar-refractivity contribution in [2.75, 3.05) is 4.90 Å². The Bertz CT molecular complexity index is 946. The van der Waals surface area contributed by atoms with E-state index in [1.165, 1.54) is 12.1 Å². The minimum absolute atomic E-state index is 0.0783. The molecule has 0 atom stereocenters. The van der Waals surface area contributed by atoms with E-state index in [1.54, 1.807) is 12.1 Å². The summed E-state index contributed by atoms with van der Waals surface area (Å²) < 4.78 is 32.6. The van der Waals surface area contributed by atoms with Gasteiger partial charge in [-0.05, 0) is 18.2 Å². The van der Waals surface area contributed by atoms with Gasteiger partial charge in [0.1, 0.15) is 10.6 Å². The molecule has 0 saturated carbocycles. The number of phenols is 1. The topological polar surface area (TPSA) is 132 Å². The van der Waals surface area contributed by atoms with Gasteiger partial charge < -0.3 is 10.2 Å². The van der Waals surface area contributed by atoms with Gasteiger partial charge in [0, 0.05) is 11.6 Å². The van der Waals surface area contributed by atoms with Crippen molar-refractivity contribution in [3.63, 3.8) is 0 Å². The zero-order valence-corrected chi connectivity index (χ0v) is 12.8. The number of rotatable bonds is 3. The summed E-state index contributed by atoms with van der Waals surface area (Å²) in [5.41, 5.74) is -0.509. The zero-order chi connectivity index (χ0) is 17.6. The van der Waals surface area contributed by atoms with E-state index in [1.807, 2.05) is 0 Å². The number of aliphatic hydroxyl groups is 1. The molecule has 2 aromatic rings. The number of carbonyl (C=O) groups excluding carboxylic acids is 2. The van der Waals surface area contributed by atoms with Gasteiger partial charge in [0.25, 0.3) is 21.9 Å². The fourth-order valence-corrected chi connectivity index (χ4v) is 3.22. The second kappa shape index (κ2) is 5.41. The minimum atomic E-state index is -4.82. The van der Waals surface area contributed by atoms with Crippen LogP contribution in [0.2, 0.25) is 0 Å². The van der Waals surface area contributed by atoms with Crippen molar-refractivity contribution in [1.29, 1.82) is 0 Å². The summed E-state index contributed by atoms with van der Waals surface area (Å²) in [6, 6.07) is 7.56. The summed E-state index contributed by atoms with van der Waals surface area (Å²) >= 11 is 0. The molecule has 9 heteroatoms. The van der Waals surface area contributed by atoms with Crippen LogP contribution in [0.25, 0.3) is 0 Å². The Balaban J connectivity index is 2.26. The lowest BCUT2D eigenvalue weighted by atomic mass is 10.1. The van der Waals surface area contributed by atoms with Gasteiger partial charge in [0.05, 0.1) is 23.4 Å². The second-order valence-corrected chi connectivity index (χ2v) is 6.46. The number of anilines is 1. The lowest BCUT2D eigenvalue weighted by Gasteiger charge is -2.18. The van der Waals surface area contributed by atoms with Crippen LogP contribution in [0.1, 0.15) is 26.3 Å². The molecule has 2 amide bonds. The standard InChI is InChI=1S/C15H11NO7S/c17-7-8-5-13(24(21,22)23)11(6-12(8)18)16-14(19)9-3-1-2-4-10(9)15(16)20/h1-6,17-18H,7H2,(H,21,22,23). The molecule has 2 aromatic carbocycles. The average molecular weight is 349 g/mol. The number of nitrogens with zero attached hydrogens (tertiary/aromatic N) is 1. The normalized spacial score (nSPS) is 14.2. The number of aliphatic hydroxyl groups excluding tert-OH is 1. The first-order valence-electron chi connectivity index (χ1n) is 6.67. The molecule has 3 N–H and O–H groups in total. The Kier molecular flexibility index (Phi) is 3.63. The van der Waals surface area contributed by atoms with Crippen LogP contribution in [-0.2, 0) is 16.7 Å². The summed E-state index contributed by atoms with van der Waals surface area (Å²) in [5, 5.41) is 19.0. The molecule has 0 aliphatic carbocycles. The Morgan fingerprint density at radius 1 is 1.00 bits per heavy atom. The Morgan fingerprint density at radius 2 is 1.54 bits per heavy atom. The summed E-state index contributed by atoms with van der Waals surface area (Å²) in [6.07, 6.45) is 0. The molecule has 0 spiro atoms. The highest BCUT2D eigenvalue weighted by atomic mass is 32.2. The molecule has 1 aliphatic rings. The van der Waals surface area contributed by atoms with E-state index in [0.717, 1.165) is 12.1 Å². The molecule has 1 aliphatic heterocycles. The van der Waals surface area contributed by atoms with Crippen LogP contribution in [0, 0.1) is 0 Å². The third-order valence-electron chi connectivity index (χ3n) is 3.64. The maximum Gasteiger partial charge on any atom is 0.296 e. The van der Waals surface area contributed by atoms with Crippen LogP contribution in [0.15, 0.2) is 41.3 Å². The molecule has 0 fully saturated rings. The first-order chi connectivity index (χ1) is 11.3. The predicted molar refractivity (Wildman–Crippen MR) is 81.4 cm³/mol. The lowest BCUT2D eigenvalue weighted by molar-refractivity contribution is 0.0925. The number of hydrogen-bond donors (Lipinski definition) is 3. The maximum atomic E-state index is 12.5. The van der Waals surface area contributed by atoms with E-state index in [4.69, 9.17) is 5.11 Å². The predicted octanol–water partition coefficient (Wildman–Crippen LogP) is 0.932. The van der Waals surface area contributed by atoms with Crippen LogP contribution < -0.4 is 4.90 Å². The van der Waals surface area contributed by atoms with Crippen molar-refractivity contribution in [3.05, 3.63) is 53.1 Å². The van der Waals surface area contributed by atoms with Crippen LogP contribution >= 0.6 is 0 Å². The highest BCUT2D eigenvalue weighted by Gasteiger charge is 2.39. The van der Waals surface area contributed by atoms with Crippen LogP contribution in [0.5, 0.6) is 5.75 Å². The van der Waals surface area contributed by atoms with Crippen LogP contribution in [0.4, 0.5) is 5.69 Å². The van der Waals surface area contributed by atoms with Gasteiger partial charge in [-0.2, -0.15) is 8.42 Å². The first kappa shape index (κ1) is 16.1. The minimum Gasteiger partial charge on any atom is -0.508 e. The van der Waals surface area contributed by atoms with E-state index in [-0.39, 0.29) is 16.7 Å². The van der Waals surface area contributed by atoms with Crippen molar-refractivity contribution in [1.82, 2.24) is 0 Å². The molecule has 0 unspecified atom stereocenters. The highest BCUT2D eigenvalue weighted by Crippen LogP contribution is 2.36. The van der Waals surface area contributed by atoms with E-state index in [2.05, 4.69) is 0 Å². The summed E-state index contributed by atoms with van der Waals surface area (Å²) in [5.74, 6) is -2.08. The fourth-order valence-electron chi connectivity index (χ4n) is 2.52. The largest absolute Gasteiger partial charge is 0.508 e. The van der Waals surface area contributed by atoms with Crippen molar-refractivity contribution in [2.45, 2.75) is 11.5 Å². The molecular weight excluding hydrogens is 338 g/mol. The van der Waals surface area contributed by atoms with E-state index in [0.29, 0.717) is 4.90 Å². The Hall–Kier alpha value is -2.75. The number of hydrogen-bond acceptors (Lipinski definition) is 6. The smallest absolute Gasteiger partial charge is 0.296 e. The number of imide groups is 1. The Morgan fingerprint density at radius 3 is 2.00 bits per heavy atom. The number of fused-ring (bicyclic) bond motifs is 1. The number of carbonyl (C=O) groups is 2. The van der Waals surface area contributed by atoms with E-state index in [9.17, 15) is 27.7 Å². The third kappa shape index (κ3) is 2.35. The molecule has 1 heterocycles. The fraction of sp³-hybridized carbons (Fsp3) is 0.0667. The third-order valence-corrected chi connectivity index (χ3v) is 4.53. The number of benzene rings is 2. The van der Waals surface area contributed by atoms with Gasteiger partial charge in [-0.15, -0.1) is 0 Å². The highest BCUT2D eigenvalue weighted by molar-refractivity contribution is 7.86. The van der Waals surface area contributed by atoms with Gasteiger partial charge in [0.15, 0.2) is 0 Å². The van der Waals surface area contributed by atoms with Crippen molar-refractivity contribution >= 4 is 27.6 Å². The van der Waals surface area contributed by atoms with Gasteiger partial charge >= 0.3 is 0 Å². The SMILES string of the molecule is O=C1c2ccccc2C(=O)N1c1cc(O)c(CO)cc1S(=O)(=O)O.